The van der Waals surface area contributed by atoms with E-state index in [1.807, 2.05) is 6.92 Å². The van der Waals surface area contributed by atoms with Gasteiger partial charge in [0.2, 0.25) is 5.91 Å². The van der Waals surface area contributed by atoms with Crippen LogP contribution in [-0.4, -0.2) is 11.4 Å². The van der Waals surface area contributed by atoms with Crippen LogP contribution >= 0.6 is 0 Å². The van der Waals surface area contributed by atoms with E-state index >= 15 is 0 Å². The first-order valence-corrected chi connectivity index (χ1v) is 3.66. The highest BCUT2D eigenvalue weighted by Crippen LogP contribution is 2.32. The number of hydrogen-bond acceptors (Lipinski definition) is 2. The van der Waals surface area contributed by atoms with Crippen molar-refractivity contribution in [1.29, 1.82) is 0 Å². The molecule has 1 fully saturated rings. The number of amides is 1. The van der Waals surface area contributed by atoms with Crippen LogP contribution in [0.2, 0.25) is 0 Å². The van der Waals surface area contributed by atoms with Crippen molar-refractivity contribution < 1.29 is 4.79 Å². The van der Waals surface area contributed by atoms with Crippen LogP contribution in [0, 0.1) is 5.92 Å². The zero-order chi connectivity index (χ0) is 7.78. The van der Waals surface area contributed by atoms with Crippen molar-refractivity contribution in [2.24, 2.45) is 17.4 Å². The molecular formula is C7H14N2O. The van der Waals surface area contributed by atoms with Crippen molar-refractivity contribution in [2.75, 3.05) is 0 Å². The Labute approximate surface area is 60.8 Å². The molecule has 0 unspecified atom stereocenters. The highest BCUT2D eigenvalue weighted by molar-refractivity contribution is 5.85. The van der Waals surface area contributed by atoms with Gasteiger partial charge in [0, 0.05) is 0 Å². The Morgan fingerprint density at radius 3 is 2.50 bits per heavy atom. The highest BCUT2D eigenvalue weighted by Gasteiger charge is 2.41. The van der Waals surface area contributed by atoms with Crippen molar-refractivity contribution in [1.82, 2.24) is 0 Å². The molecule has 0 spiro atoms. The lowest BCUT2D eigenvalue weighted by Crippen LogP contribution is -2.53. The zero-order valence-electron chi connectivity index (χ0n) is 6.26. The van der Waals surface area contributed by atoms with E-state index < -0.39 is 5.54 Å². The summed E-state index contributed by atoms with van der Waals surface area (Å²) in [4.78, 5) is 10.8. The predicted octanol–water partition coefficient (Wildman–Crippen LogP) is -0.0108. The zero-order valence-corrected chi connectivity index (χ0v) is 6.26. The van der Waals surface area contributed by atoms with E-state index in [0.717, 1.165) is 19.3 Å². The average molecular weight is 142 g/mol. The van der Waals surface area contributed by atoms with Gasteiger partial charge in [0.05, 0.1) is 5.54 Å². The molecule has 0 aromatic heterocycles. The Kier molecular flexibility index (Phi) is 1.68. The van der Waals surface area contributed by atoms with Crippen molar-refractivity contribution in [3.63, 3.8) is 0 Å². The van der Waals surface area contributed by atoms with E-state index in [9.17, 15) is 4.79 Å². The van der Waals surface area contributed by atoms with E-state index in [0.29, 0.717) is 0 Å². The molecule has 0 saturated heterocycles. The third kappa shape index (κ3) is 0.904. The minimum absolute atomic E-state index is 0.255. The van der Waals surface area contributed by atoms with Crippen LogP contribution in [0.3, 0.4) is 0 Å². The Morgan fingerprint density at radius 1 is 1.70 bits per heavy atom. The van der Waals surface area contributed by atoms with E-state index in [1.54, 1.807) is 0 Å². The van der Waals surface area contributed by atoms with Crippen LogP contribution < -0.4 is 11.5 Å². The summed E-state index contributed by atoms with van der Waals surface area (Å²) in [6.45, 7) is 1.98. The molecule has 0 radical (unpaired) electrons. The molecule has 10 heavy (non-hydrogen) atoms. The molecule has 0 bridgehead atoms. The quantitative estimate of drug-likeness (QED) is 0.540. The summed E-state index contributed by atoms with van der Waals surface area (Å²) in [6, 6.07) is 0. The van der Waals surface area contributed by atoms with Gasteiger partial charge in [-0.25, -0.2) is 0 Å². The van der Waals surface area contributed by atoms with Gasteiger partial charge in [0.1, 0.15) is 0 Å². The normalized spacial score (nSPS) is 40.0. The Balaban J connectivity index is 2.75. The first-order chi connectivity index (χ1) is 4.57. The van der Waals surface area contributed by atoms with Gasteiger partial charge in [0.25, 0.3) is 0 Å². The Morgan fingerprint density at radius 2 is 2.30 bits per heavy atom. The maximum Gasteiger partial charge on any atom is 0.237 e. The van der Waals surface area contributed by atoms with E-state index in [1.165, 1.54) is 0 Å². The summed E-state index contributed by atoms with van der Waals surface area (Å²) in [6.07, 6.45) is 2.81. The summed E-state index contributed by atoms with van der Waals surface area (Å²) in [5, 5.41) is 0. The summed E-state index contributed by atoms with van der Waals surface area (Å²) < 4.78 is 0. The summed E-state index contributed by atoms with van der Waals surface area (Å²) in [7, 11) is 0. The highest BCUT2D eigenvalue weighted by atomic mass is 16.1. The molecule has 0 aromatic rings. The molecule has 1 saturated carbocycles. The molecule has 0 heterocycles. The minimum atomic E-state index is -0.708. The molecule has 1 aliphatic rings. The second-order valence-electron chi connectivity index (χ2n) is 3.20. The van der Waals surface area contributed by atoms with Crippen molar-refractivity contribution in [3.05, 3.63) is 0 Å². The average Bonchev–Trinajstić information content (AvgIpc) is 2.15. The number of hydrogen-bond donors (Lipinski definition) is 2. The lowest BCUT2D eigenvalue weighted by molar-refractivity contribution is -0.124. The van der Waals surface area contributed by atoms with Gasteiger partial charge in [-0.2, -0.15) is 0 Å². The largest absolute Gasteiger partial charge is 0.368 e. The van der Waals surface area contributed by atoms with Crippen LogP contribution in [-0.2, 0) is 4.79 Å². The Bertz CT molecular complexity index is 158. The van der Waals surface area contributed by atoms with E-state index in [4.69, 9.17) is 11.5 Å². The maximum absolute atomic E-state index is 10.8. The number of primary amides is 1. The molecule has 0 aromatic carbocycles. The standard InChI is InChI=1S/C7H14N2O/c1-5-3-2-4-7(5,9)6(8)10/h5H,2-4,9H2,1H3,(H2,8,10)/t5-,7-/m0/s1. The van der Waals surface area contributed by atoms with Crippen LogP contribution in [0.1, 0.15) is 26.2 Å². The van der Waals surface area contributed by atoms with Gasteiger partial charge in [-0.1, -0.05) is 13.3 Å². The molecule has 1 amide bonds. The van der Waals surface area contributed by atoms with Gasteiger partial charge in [-0.3, -0.25) is 4.79 Å². The van der Waals surface area contributed by atoms with Gasteiger partial charge in [0.15, 0.2) is 0 Å². The molecule has 4 N–H and O–H groups in total. The lowest BCUT2D eigenvalue weighted by atomic mass is 9.89. The van der Waals surface area contributed by atoms with Gasteiger partial charge in [-0.15, -0.1) is 0 Å². The van der Waals surface area contributed by atoms with Crippen molar-refractivity contribution in [2.45, 2.75) is 31.7 Å². The molecule has 0 aliphatic heterocycles. The monoisotopic (exact) mass is 142 g/mol. The molecule has 58 valence electrons. The first-order valence-electron chi connectivity index (χ1n) is 3.66. The fraction of sp³-hybridized carbons (Fsp3) is 0.857. The molecule has 1 rings (SSSR count). The van der Waals surface area contributed by atoms with Crippen LogP contribution in [0.5, 0.6) is 0 Å². The van der Waals surface area contributed by atoms with Gasteiger partial charge < -0.3 is 11.5 Å². The fourth-order valence-corrected chi connectivity index (χ4v) is 1.57. The topological polar surface area (TPSA) is 69.1 Å². The summed E-state index contributed by atoms with van der Waals surface area (Å²) in [5.41, 5.74) is 10.2. The van der Waals surface area contributed by atoms with Gasteiger partial charge in [-0.05, 0) is 18.8 Å². The predicted molar refractivity (Wildman–Crippen MR) is 39.1 cm³/mol. The number of carbonyl (C=O) groups excluding carboxylic acids is 1. The van der Waals surface area contributed by atoms with Crippen LogP contribution in [0.4, 0.5) is 0 Å². The minimum Gasteiger partial charge on any atom is -0.368 e. The van der Waals surface area contributed by atoms with Gasteiger partial charge >= 0.3 is 0 Å². The van der Waals surface area contributed by atoms with E-state index in [2.05, 4.69) is 0 Å². The van der Waals surface area contributed by atoms with E-state index in [-0.39, 0.29) is 11.8 Å². The number of rotatable bonds is 1. The molecule has 3 heteroatoms. The number of nitrogens with two attached hydrogens (primary N) is 2. The Hall–Kier alpha value is -0.570. The fourth-order valence-electron chi connectivity index (χ4n) is 1.57. The SMILES string of the molecule is C[C@H]1CCC[C@@]1(N)C(N)=O. The van der Waals surface area contributed by atoms with Crippen LogP contribution in [0.15, 0.2) is 0 Å². The third-order valence-corrected chi connectivity index (χ3v) is 2.57. The lowest BCUT2D eigenvalue weighted by Gasteiger charge is -2.24. The second kappa shape index (κ2) is 2.23. The van der Waals surface area contributed by atoms with Crippen molar-refractivity contribution >= 4 is 5.91 Å². The molecule has 2 atom stereocenters. The molecule has 1 aliphatic carbocycles. The summed E-state index contributed by atoms with van der Waals surface area (Å²) in [5.74, 6) is -0.0949. The summed E-state index contributed by atoms with van der Waals surface area (Å²) >= 11 is 0. The van der Waals surface area contributed by atoms with Crippen LogP contribution in [0.25, 0.3) is 0 Å². The number of carbonyl (C=O) groups is 1. The second-order valence-corrected chi connectivity index (χ2v) is 3.20. The molecular weight excluding hydrogens is 128 g/mol. The van der Waals surface area contributed by atoms with Crippen molar-refractivity contribution in [3.8, 4) is 0 Å². The third-order valence-electron chi connectivity index (χ3n) is 2.57. The first kappa shape index (κ1) is 7.54. The smallest absolute Gasteiger partial charge is 0.237 e. The molecule has 3 nitrogen and oxygen atoms in total. The maximum atomic E-state index is 10.8.